The van der Waals surface area contributed by atoms with Crippen molar-refractivity contribution in [1.29, 1.82) is 0 Å². The Bertz CT molecular complexity index is 379. The smallest absolute Gasteiger partial charge is 0.407 e. The summed E-state index contributed by atoms with van der Waals surface area (Å²) in [5.41, 5.74) is 7.29. The van der Waals surface area contributed by atoms with Crippen molar-refractivity contribution in [2.75, 3.05) is 18.9 Å². The molecule has 0 saturated carbocycles. The molecule has 1 rings (SSSR count). The lowest BCUT2D eigenvalue weighted by Gasteiger charge is -2.16. The Labute approximate surface area is 113 Å². The number of hydrogen-bond acceptors (Lipinski definition) is 4. The number of unbranched alkanes of at least 4 members (excludes halogenated alkanes) is 1. The molecule has 1 unspecified atom stereocenters. The topological polar surface area (TPSA) is 84.6 Å². The third kappa shape index (κ3) is 6.10. The van der Waals surface area contributed by atoms with E-state index < -0.39 is 6.09 Å². The summed E-state index contributed by atoms with van der Waals surface area (Å²) in [6, 6.07) is 6.99. The van der Waals surface area contributed by atoms with Crippen molar-refractivity contribution in [2.24, 2.45) is 0 Å². The molecular formula is C14H22N2O3. The molecular weight excluding hydrogens is 244 g/mol. The number of nitrogens with one attached hydrogen (secondary N) is 1. The first-order valence-corrected chi connectivity index (χ1v) is 6.54. The van der Waals surface area contributed by atoms with Crippen molar-refractivity contribution in [1.82, 2.24) is 5.32 Å². The van der Waals surface area contributed by atoms with E-state index >= 15 is 0 Å². The number of nitrogen functional groups attached to an aromatic ring is 1. The number of rotatable bonds is 7. The molecule has 106 valence electrons. The van der Waals surface area contributed by atoms with E-state index in [9.17, 15) is 9.90 Å². The highest BCUT2D eigenvalue weighted by Gasteiger charge is 2.12. The van der Waals surface area contributed by atoms with E-state index in [1.807, 2.05) is 19.1 Å². The number of amides is 1. The Balaban J connectivity index is 2.40. The Morgan fingerprint density at radius 3 is 2.68 bits per heavy atom. The summed E-state index contributed by atoms with van der Waals surface area (Å²) >= 11 is 0. The van der Waals surface area contributed by atoms with Gasteiger partial charge in [0.05, 0.1) is 19.3 Å². The van der Waals surface area contributed by atoms with Gasteiger partial charge in [-0.05, 0) is 30.5 Å². The third-order valence-electron chi connectivity index (χ3n) is 2.74. The molecule has 0 fully saturated rings. The van der Waals surface area contributed by atoms with Gasteiger partial charge < -0.3 is 20.9 Å². The monoisotopic (exact) mass is 266 g/mol. The highest BCUT2D eigenvalue weighted by Crippen LogP contribution is 2.08. The molecule has 1 atom stereocenters. The molecule has 1 amide bonds. The number of benzene rings is 1. The van der Waals surface area contributed by atoms with E-state index in [1.54, 1.807) is 12.1 Å². The van der Waals surface area contributed by atoms with Crippen molar-refractivity contribution in [3.8, 4) is 0 Å². The number of aliphatic hydroxyl groups excluding tert-OH is 1. The largest absolute Gasteiger partial charge is 0.450 e. The summed E-state index contributed by atoms with van der Waals surface area (Å²) in [5.74, 6) is 0. The standard InChI is InChI=1S/C14H22N2O3/c1-2-3-8-19-14(18)16-13(10-17)9-11-4-6-12(15)7-5-11/h4-7,13,17H,2-3,8-10,15H2,1H3,(H,16,18). The van der Waals surface area contributed by atoms with Crippen LogP contribution in [0.3, 0.4) is 0 Å². The van der Waals surface area contributed by atoms with E-state index in [0.717, 1.165) is 18.4 Å². The van der Waals surface area contributed by atoms with Crippen molar-refractivity contribution in [2.45, 2.75) is 32.2 Å². The Kier molecular flexibility index (Phi) is 6.74. The van der Waals surface area contributed by atoms with Gasteiger partial charge in [-0.15, -0.1) is 0 Å². The number of ether oxygens (including phenoxy) is 1. The maximum absolute atomic E-state index is 11.5. The maximum Gasteiger partial charge on any atom is 0.407 e. The van der Waals surface area contributed by atoms with Crippen LogP contribution in [0.2, 0.25) is 0 Å². The molecule has 0 aliphatic heterocycles. The number of carbonyl (C=O) groups excluding carboxylic acids is 1. The van der Waals surface area contributed by atoms with E-state index in [0.29, 0.717) is 18.7 Å². The molecule has 0 aromatic heterocycles. The number of nitrogens with two attached hydrogens (primary N) is 1. The predicted molar refractivity (Wildman–Crippen MR) is 74.8 cm³/mol. The fourth-order valence-corrected chi connectivity index (χ4v) is 1.62. The van der Waals surface area contributed by atoms with Gasteiger partial charge in [0.1, 0.15) is 0 Å². The van der Waals surface area contributed by atoms with E-state index in [2.05, 4.69) is 5.32 Å². The summed E-state index contributed by atoms with van der Waals surface area (Å²) in [6.07, 6.45) is 1.87. The lowest BCUT2D eigenvalue weighted by Crippen LogP contribution is -2.39. The Morgan fingerprint density at radius 1 is 1.42 bits per heavy atom. The molecule has 0 aliphatic carbocycles. The van der Waals surface area contributed by atoms with Crippen LogP contribution in [-0.4, -0.2) is 30.5 Å². The van der Waals surface area contributed by atoms with E-state index in [1.165, 1.54) is 0 Å². The molecule has 0 radical (unpaired) electrons. The fraction of sp³-hybridized carbons (Fsp3) is 0.500. The lowest BCUT2D eigenvalue weighted by atomic mass is 10.1. The third-order valence-corrected chi connectivity index (χ3v) is 2.74. The van der Waals surface area contributed by atoms with Crippen molar-refractivity contribution in [3.63, 3.8) is 0 Å². The van der Waals surface area contributed by atoms with Crippen LogP contribution >= 0.6 is 0 Å². The van der Waals surface area contributed by atoms with Crippen LogP contribution in [-0.2, 0) is 11.2 Å². The minimum atomic E-state index is -0.483. The highest BCUT2D eigenvalue weighted by molar-refractivity contribution is 5.67. The zero-order valence-electron chi connectivity index (χ0n) is 11.3. The first kappa shape index (κ1) is 15.3. The van der Waals surface area contributed by atoms with Gasteiger partial charge in [-0.1, -0.05) is 25.5 Å². The number of aliphatic hydroxyl groups is 1. The van der Waals surface area contributed by atoms with Gasteiger partial charge in [-0.3, -0.25) is 0 Å². The zero-order chi connectivity index (χ0) is 14.1. The molecule has 0 saturated heterocycles. The van der Waals surface area contributed by atoms with Gasteiger partial charge in [-0.2, -0.15) is 0 Å². The molecule has 0 aliphatic rings. The second-order valence-electron chi connectivity index (χ2n) is 4.46. The normalized spacial score (nSPS) is 11.9. The molecule has 5 heteroatoms. The average molecular weight is 266 g/mol. The lowest BCUT2D eigenvalue weighted by molar-refractivity contribution is 0.134. The van der Waals surface area contributed by atoms with E-state index in [4.69, 9.17) is 10.5 Å². The highest BCUT2D eigenvalue weighted by atomic mass is 16.5. The minimum absolute atomic E-state index is 0.132. The molecule has 5 nitrogen and oxygen atoms in total. The second kappa shape index (κ2) is 8.37. The van der Waals surface area contributed by atoms with Crippen LogP contribution in [0.1, 0.15) is 25.3 Å². The number of alkyl carbamates (subject to hydrolysis) is 1. The van der Waals surface area contributed by atoms with Gasteiger partial charge in [0.25, 0.3) is 0 Å². The van der Waals surface area contributed by atoms with Crippen molar-refractivity contribution in [3.05, 3.63) is 29.8 Å². The first-order chi connectivity index (χ1) is 9.15. The van der Waals surface area contributed by atoms with Crippen LogP contribution in [0.4, 0.5) is 10.5 Å². The van der Waals surface area contributed by atoms with Gasteiger partial charge in [-0.25, -0.2) is 4.79 Å². The van der Waals surface area contributed by atoms with Crippen LogP contribution < -0.4 is 11.1 Å². The summed E-state index contributed by atoms with van der Waals surface area (Å²) in [7, 11) is 0. The minimum Gasteiger partial charge on any atom is -0.450 e. The first-order valence-electron chi connectivity index (χ1n) is 6.54. The predicted octanol–water partition coefficient (Wildman–Crippen LogP) is 1.70. The van der Waals surface area contributed by atoms with Crippen molar-refractivity contribution < 1.29 is 14.6 Å². The summed E-state index contributed by atoms with van der Waals surface area (Å²) in [5, 5.41) is 11.9. The fourth-order valence-electron chi connectivity index (χ4n) is 1.62. The van der Waals surface area contributed by atoms with E-state index in [-0.39, 0.29) is 12.6 Å². The van der Waals surface area contributed by atoms with Gasteiger partial charge in [0.15, 0.2) is 0 Å². The summed E-state index contributed by atoms with van der Waals surface area (Å²) < 4.78 is 4.99. The van der Waals surface area contributed by atoms with Gasteiger partial charge in [0.2, 0.25) is 0 Å². The number of carbonyl (C=O) groups is 1. The van der Waals surface area contributed by atoms with Crippen LogP contribution in [0.25, 0.3) is 0 Å². The van der Waals surface area contributed by atoms with Crippen LogP contribution in [0.15, 0.2) is 24.3 Å². The van der Waals surface area contributed by atoms with Crippen LogP contribution in [0, 0.1) is 0 Å². The Morgan fingerprint density at radius 2 is 2.11 bits per heavy atom. The SMILES string of the molecule is CCCCOC(=O)NC(CO)Cc1ccc(N)cc1. The maximum atomic E-state index is 11.5. The average Bonchev–Trinajstić information content (AvgIpc) is 2.41. The molecule has 1 aromatic carbocycles. The van der Waals surface area contributed by atoms with Gasteiger partial charge >= 0.3 is 6.09 Å². The second-order valence-corrected chi connectivity index (χ2v) is 4.46. The summed E-state index contributed by atoms with van der Waals surface area (Å²) in [6.45, 7) is 2.30. The molecule has 1 aromatic rings. The molecule has 0 heterocycles. The molecule has 0 spiro atoms. The number of hydrogen-bond donors (Lipinski definition) is 3. The number of anilines is 1. The molecule has 4 N–H and O–H groups in total. The summed E-state index contributed by atoms with van der Waals surface area (Å²) in [4.78, 5) is 11.5. The van der Waals surface area contributed by atoms with Gasteiger partial charge in [0, 0.05) is 5.69 Å². The Hall–Kier alpha value is -1.75. The van der Waals surface area contributed by atoms with Crippen LogP contribution in [0.5, 0.6) is 0 Å². The van der Waals surface area contributed by atoms with Crippen molar-refractivity contribution >= 4 is 11.8 Å². The molecule has 0 bridgehead atoms. The quantitative estimate of drug-likeness (QED) is 0.518. The zero-order valence-corrected chi connectivity index (χ0v) is 11.3. The molecule has 19 heavy (non-hydrogen) atoms.